The number of hydrogen-bond acceptors (Lipinski definition) is 5. The number of aryl methyl sites for hydroxylation is 1. The summed E-state index contributed by atoms with van der Waals surface area (Å²) in [5, 5.41) is 5.25. The number of nitrogens with one attached hydrogen (secondary N) is 1. The maximum Gasteiger partial charge on any atom is 0.275 e. The highest BCUT2D eigenvalue weighted by atomic mass is 35.5. The van der Waals surface area contributed by atoms with Gasteiger partial charge in [0.05, 0.1) is 15.6 Å². The second kappa shape index (κ2) is 7.19. The molecular formula is C18H15ClN2O3S2. The van der Waals surface area contributed by atoms with Crippen molar-refractivity contribution in [2.75, 3.05) is 11.6 Å². The third-order valence-electron chi connectivity index (χ3n) is 3.65. The van der Waals surface area contributed by atoms with E-state index in [4.69, 9.17) is 11.6 Å². The van der Waals surface area contributed by atoms with Crippen LogP contribution in [0.4, 0.5) is 5.69 Å². The summed E-state index contributed by atoms with van der Waals surface area (Å²) < 4.78 is 23.3. The number of amides is 1. The first-order chi connectivity index (χ1) is 12.2. The van der Waals surface area contributed by atoms with Gasteiger partial charge in [-0.3, -0.25) is 4.79 Å². The molecule has 0 saturated carbocycles. The maximum atomic E-state index is 12.5. The number of hydrogen-bond donors (Lipinski definition) is 1. The molecule has 1 amide bonds. The number of benzene rings is 2. The highest BCUT2D eigenvalue weighted by molar-refractivity contribution is 7.90. The lowest BCUT2D eigenvalue weighted by Crippen LogP contribution is -2.13. The van der Waals surface area contributed by atoms with Gasteiger partial charge in [0.15, 0.2) is 9.84 Å². The van der Waals surface area contributed by atoms with Crippen molar-refractivity contribution in [3.8, 4) is 10.6 Å². The SMILES string of the molecule is Cc1ccc(-c2nc(C(=O)Nc3cc(S(C)(=O)=O)ccc3Cl)cs2)cc1. The molecule has 0 aliphatic rings. The molecule has 0 fully saturated rings. The van der Waals surface area contributed by atoms with Gasteiger partial charge in [-0.2, -0.15) is 0 Å². The summed E-state index contributed by atoms with van der Waals surface area (Å²) in [5.41, 5.74) is 2.54. The van der Waals surface area contributed by atoms with Gasteiger partial charge in [0.25, 0.3) is 5.91 Å². The van der Waals surface area contributed by atoms with Gasteiger partial charge in [-0.05, 0) is 25.1 Å². The minimum absolute atomic E-state index is 0.0795. The first kappa shape index (κ1) is 18.6. The second-order valence-electron chi connectivity index (χ2n) is 5.77. The Kier molecular flexibility index (Phi) is 5.13. The number of carbonyl (C=O) groups is 1. The minimum atomic E-state index is -3.40. The molecule has 0 aliphatic carbocycles. The molecular weight excluding hydrogens is 392 g/mol. The number of nitrogens with zero attached hydrogens (tertiary/aromatic N) is 1. The van der Waals surface area contributed by atoms with Gasteiger partial charge in [-0.1, -0.05) is 41.4 Å². The van der Waals surface area contributed by atoms with E-state index < -0.39 is 15.7 Å². The number of rotatable bonds is 4. The number of aromatic nitrogens is 1. The third-order valence-corrected chi connectivity index (χ3v) is 5.98. The second-order valence-corrected chi connectivity index (χ2v) is 9.05. The van der Waals surface area contributed by atoms with Crippen LogP contribution >= 0.6 is 22.9 Å². The Bertz CT molecular complexity index is 1070. The molecule has 8 heteroatoms. The molecule has 0 unspecified atom stereocenters. The van der Waals surface area contributed by atoms with E-state index in [2.05, 4.69) is 10.3 Å². The lowest BCUT2D eigenvalue weighted by Gasteiger charge is -2.07. The van der Waals surface area contributed by atoms with Crippen LogP contribution in [0.15, 0.2) is 52.7 Å². The number of sulfone groups is 1. The Morgan fingerprint density at radius 2 is 1.85 bits per heavy atom. The van der Waals surface area contributed by atoms with Crippen LogP contribution in [0.5, 0.6) is 0 Å². The predicted octanol–water partition coefficient (Wildman–Crippen LogP) is 4.43. The van der Waals surface area contributed by atoms with Crippen LogP contribution in [-0.4, -0.2) is 25.6 Å². The van der Waals surface area contributed by atoms with Crippen LogP contribution in [0.1, 0.15) is 16.1 Å². The molecule has 26 heavy (non-hydrogen) atoms. The van der Waals surface area contributed by atoms with Crippen molar-refractivity contribution in [1.82, 2.24) is 4.98 Å². The zero-order chi connectivity index (χ0) is 18.9. The average molecular weight is 407 g/mol. The Morgan fingerprint density at radius 1 is 1.15 bits per heavy atom. The summed E-state index contributed by atoms with van der Waals surface area (Å²) in [6.45, 7) is 2.00. The summed E-state index contributed by atoms with van der Waals surface area (Å²) in [4.78, 5) is 16.9. The Morgan fingerprint density at radius 3 is 2.50 bits per heavy atom. The van der Waals surface area contributed by atoms with Gasteiger partial charge < -0.3 is 5.32 Å². The molecule has 1 heterocycles. The predicted molar refractivity (Wildman–Crippen MR) is 105 cm³/mol. The fraction of sp³-hybridized carbons (Fsp3) is 0.111. The lowest BCUT2D eigenvalue weighted by atomic mass is 10.2. The summed E-state index contributed by atoms with van der Waals surface area (Å²) >= 11 is 7.42. The first-order valence-electron chi connectivity index (χ1n) is 7.57. The highest BCUT2D eigenvalue weighted by Crippen LogP contribution is 2.27. The van der Waals surface area contributed by atoms with Gasteiger partial charge in [-0.25, -0.2) is 13.4 Å². The maximum absolute atomic E-state index is 12.5. The standard InChI is InChI=1S/C18H15ClN2O3S2/c1-11-3-5-12(6-4-11)18-21-16(10-25-18)17(22)20-15-9-13(26(2,23)24)7-8-14(15)19/h3-10H,1-2H3,(H,20,22). The Labute approximate surface area is 160 Å². The monoisotopic (exact) mass is 406 g/mol. The summed E-state index contributed by atoms with van der Waals surface area (Å²) in [6.07, 6.45) is 1.09. The van der Waals surface area contributed by atoms with Crippen molar-refractivity contribution in [1.29, 1.82) is 0 Å². The molecule has 5 nitrogen and oxygen atoms in total. The molecule has 0 spiro atoms. The van der Waals surface area contributed by atoms with Crippen LogP contribution in [0.2, 0.25) is 5.02 Å². The fourth-order valence-electron chi connectivity index (χ4n) is 2.22. The Hall–Kier alpha value is -2.22. The molecule has 0 bridgehead atoms. The molecule has 3 rings (SSSR count). The molecule has 134 valence electrons. The van der Waals surface area contributed by atoms with Crippen LogP contribution in [0.25, 0.3) is 10.6 Å². The van der Waals surface area contributed by atoms with Crippen molar-refractivity contribution in [2.45, 2.75) is 11.8 Å². The van der Waals surface area contributed by atoms with Crippen LogP contribution in [0, 0.1) is 6.92 Å². The number of anilines is 1. The molecule has 2 aromatic carbocycles. The molecule has 0 atom stereocenters. The van der Waals surface area contributed by atoms with E-state index in [1.165, 1.54) is 29.5 Å². The highest BCUT2D eigenvalue weighted by Gasteiger charge is 2.16. The molecule has 0 aliphatic heterocycles. The van der Waals surface area contributed by atoms with Crippen molar-refractivity contribution in [3.05, 3.63) is 64.1 Å². The van der Waals surface area contributed by atoms with Gasteiger partial charge >= 0.3 is 0 Å². The number of thiazole rings is 1. The molecule has 1 N–H and O–H groups in total. The van der Waals surface area contributed by atoms with E-state index in [-0.39, 0.29) is 21.3 Å². The van der Waals surface area contributed by atoms with Crippen molar-refractivity contribution in [3.63, 3.8) is 0 Å². The smallest absolute Gasteiger partial charge is 0.275 e. The molecule has 0 radical (unpaired) electrons. The van der Waals surface area contributed by atoms with Crippen molar-refractivity contribution < 1.29 is 13.2 Å². The number of carbonyl (C=O) groups excluding carboxylic acids is 1. The van der Waals surface area contributed by atoms with Crippen molar-refractivity contribution in [2.24, 2.45) is 0 Å². The minimum Gasteiger partial charge on any atom is -0.319 e. The third kappa shape index (κ3) is 4.12. The van der Waals surface area contributed by atoms with E-state index >= 15 is 0 Å². The zero-order valence-electron chi connectivity index (χ0n) is 14.0. The largest absolute Gasteiger partial charge is 0.319 e. The molecule has 0 saturated heterocycles. The van der Waals surface area contributed by atoms with Crippen LogP contribution < -0.4 is 5.32 Å². The van der Waals surface area contributed by atoms with Crippen molar-refractivity contribution >= 4 is 44.4 Å². The van der Waals surface area contributed by atoms with Gasteiger partial charge in [0.1, 0.15) is 10.7 Å². The quantitative estimate of drug-likeness (QED) is 0.695. The van der Waals surface area contributed by atoms with Gasteiger partial charge in [0.2, 0.25) is 0 Å². The van der Waals surface area contributed by atoms with Crippen LogP contribution in [-0.2, 0) is 9.84 Å². The van der Waals surface area contributed by atoms with Crippen LogP contribution in [0.3, 0.4) is 0 Å². The lowest BCUT2D eigenvalue weighted by molar-refractivity contribution is 0.102. The topological polar surface area (TPSA) is 76.1 Å². The first-order valence-corrected chi connectivity index (χ1v) is 10.7. The molecule has 3 aromatic rings. The van der Waals surface area contributed by atoms with E-state index in [9.17, 15) is 13.2 Å². The summed E-state index contributed by atoms with van der Waals surface area (Å²) in [5.74, 6) is -0.452. The summed E-state index contributed by atoms with van der Waals surface area (Å²) in [6, 6.07) is 12.0. The molecule has 1 aromatic heterocycles. The average Bonchev–Trinajstić information content (AvgIpc) is 3.06. The van der Waals surface area contributed by atoms with Gasteiger partial charge in [0, 0.05) is 17.2 Å². The summed E-state index contributed by atoms with van der Waals surface area (Å²) in [7, 11) is -3.40. The van der Waals surface area contributed by atoms with E-state index in [0.29, 0.717) is 0 Å². The van der Waals surface area contributed by atoms with Gasteiger partial charge in [-0.15, -0.1) is 11.3 Å². The Balaban J connectivity index is 1.84. The van der Waals surface area contributed by atoms with E-state index in [0.717, 1.165) is 22.4 Å². The zero-order valence-corrected chi connectivity index (χ0v) is 16.4. The normalized spacial score (nSPS) is 11.3. The van der Waals surface area contributed by atoms with E-state index in [1.807, 2.05) is 31.2 Å². The number of halogens is 1. The fourth-order valence-corrected chi connectivity index (χ4v) is 3.84. The van der Waals surface area contributed by atoms with E-state index in [1.54, 1.807) is 5.38 Å².